The van der Waals surface area contributed by atoms with E-state index in [-0.39, 0.29) is 24.0 Å². The minimum atomic E-state index is 0. The molecule has 0 amide bonds. The number of halogens is 1. The van der Waals surface area contributed by atoms with Gasteiger partial charge in [-0.15, -0.1) is 24.0 Å². The smallest absolute Gasteiger partial charge is 0.193 e. The molecular formula is C18H32IN3O2. The van der Waals surface area contributed by atoms with Gasteiger partial charge < -0.3 is 19.7 Å². The van der Waals surface area contributed by atoms with Crippen LogP contribution in [0.15, 0.2) is 23.2 Å². The van der Waals surface area contributed by atoms with Gasteiger partial charge in [-0.25, -0.2) is 0 Å². The highest BCUT2D eigenvalue weighted by atomic mass is 127. The zero-order valence-electron chi connectivity index (χ0n) is 15.8. The molecule has 0 radical (unpaired) electrons. The molecule has 6 heteroatoms. The Morgan fingerprint density at radius 2 is 1.88 bits per heavy atom. The molecule has 1 aromatic rings. The molecule has 5 nitrogen and oxygen atoms in total. The quantitative estimate of drug-likeness (QED) is 0.376. The predicted octanol–water partition coefficient (Wildman–Crippen LogP) is 3.42. The van der Waals surface area contributed by atoms with Crippen LogP contribution in [0.1, 0.15) is 25.8 Å². The van der Waals surface area contributed by atoms with Crippen molar-refractivity contribution in [3.05, 3.63) is 23.8 Å². The van der Waals surface area contributed by atoms with Gasteiger partial charge in [0.05, 0.1) is 14.2 Å². The van der Waals surface area contributed by atoms with Crippen molar-refractivity contribution in [1.82, 2.24) is 10.2 Å². The van der Waals surface area contributed by atoms with Crippen molar-refractivity contribution in [3.8, 4) is 11.5 Å². The zero-order valence-corrected chi connectivity index (χ0v) is 18.1. The van der Waals surface area contributed by atoms with Crippen molar-refractivity contribution in [2.45, 2.75) is 26.7 Å². The Morgan fingerprint density at radius 1 is 1.21 bits per heavy atom. The van der Waals surface area contributed by atoms with E-state index in [1.54, 1.807) is 14.2 Å². The molecule has 138 valence electrons. The number of ether oxygens (including phenoxy) is 2. The van der Waals surface area contributed by atoms with E-state index in [1.807, 2.05) is 19.2 Å². The molecule has 0 bridgehead atoms. The number of benzene rings is 1. The highest BCUT2D eigenvalue weighted by molar-refractivity contribution is 14.0. The van der Waals surface area contributed by atoms with E-state index in [9.17, 15) is 0 Å². The second-order valence-corrected chi connectivity index (χ2v) is 6.02. The second kappa shape index (κ2) is 12.2. The predicted molar refractivity (Wildman–Crippen MR) is 112 cm³/mol. The average molecular weight is 449 g/mol. The van der Waals surface area contributed by atoms with Gasteiger partial charge in [0.25, 0.3) is 0 Å². The fourth-order valence-corrected chi connectivity index (χ4v) is 2.30. The standard InChI is InChI=1S/C18H31N3O2.HI/c1-14(2)9-11-20-18(19-3)21(4)12-10-15-7-8-16(22-5)17(13-15)23-6;/h7-8,13-14H,9-12H2,1-6H3,(H,19,20);1H. The summed E-state index contributed by atoms with van der Waals surface area (Å²) < 4.78 is 10.6. The van der Waals surface area contributed by atoms with Crippen LogP contribution in [-0.4, -0.2) is 52.3 Å². The van der Waals surface area contributed by atoms with Crippen molar-refractivity contribution < 1.29 is 9.47 Å². The summed E-state index contributed by atoms with van der Waals surface area (Å²) in [5.74, 6) is 3.16. The number of nitrogens with zero attached hydrogens (tertiary/aromatic N) is 2. The largest absolute Gasteiger partial charge is 0.493 e. The number of likely N-dealkylation sites (N-methyl/N-ethyl adjacent to an activating group) is 1. The molecule has 1 rings (SSSR count). The maximum atomic E-state index is 5.35. The monoisotopic (exact) mass is 449 g/mol. The summed E-state index contributed by atoms with van der Waals surface area (Å²) in [5.41, 5.74) is 1.21. The van der Waals surface area contributed by atoms with E-state index in [0.717, 1.165) is 43.4 Å². The van der Waals surface area contributed by atoms with Crippen LogP contribution in [0.4, 0.5) is 0 Å². The van der Waals surface area contributed by atoms with Gasteiger partial charge in [-0.3, -0.25) is 4.99 Å². The lowest BCUT2D eigenvalue weighted by molar-refractivity contribution is 0.354. The van der Waals surface area contributed by atoms with Crippen molar-refractivity contribution in [1.29, 1.82) is 0 Å². The van der Waals surface area contributed by atoms with E-state index in [4.69, 9.17) is 9.47 Å². The minimum Gasteiger partial charge on any atom is -0.493 e. The summed E-state index contributed by atoms with van der Waals surface area (Å²) in [6.45, 7) is 6.29. The number of nitrogens with one attached hydrogen (secondary N) is 1. The lowest BCUT2D eigenvalue weighted by atomic mass is 10.1. The molecule has 0 fully saturated rings. The van der Waals surface area contributed by atoms with Gasteiger partial charge in [0.1, 0.15) is 0 Å². The van der Waals surface area contributed by atoms with E-state index in [0.29, 0.717) is 5.92 Å². The third-order valence-electron chi connectivity index (χ3n) is 3.76. The third-order valence-corrected chi connectivity index (χ3v) is 3.76. The van der Waals surface area contributed by atoms with E-state index in [1.165, 1.54) is 5.56 Å². The number of aliphatic imine (C=N–C) groups is 1. The van der Waals surface area contributed by atoms with Gasteiger partial charge in [0, 0.05) is 27.2 Å². The normalized spacial score (nSPS) is 11.0. The summed E-state index contributed by atoms with van der Waals surface area (Å²) in [7, 11) is 7.20. The molecule has 0 saturated carbocycles. The molecule has 0 aliphatic carbocycles. The van der Waals surface area contributed by atoms with Crippen LogP contribution in [0.2, 0.25) is 0 Å². The van der Waals surface area contributed by atoms with Crippen LogP contribution in [-0.2, 0) is 6.42 Å². The fourth-order valence-electron chi connectivity index (χ4n) is 2.30. The summed E-state index contributed by atoms with van der Waals surface area (Å²) in [5, 5.41) is 3.41. The molecule has 0 aliphatic rings. The Morgan fingerprint density at radius 3 is 2.42 bits per heavy atom. The zero-order chi connectivity index (χ0) is 17.2. The van der Waals surface area contributed by atoms with Crippen LogP contribution in [0.25, 0.3) is 0 Å². The minimum absolute atomic E-state index is 0. The van der Waals surface area contributed by atoms with Crippen LogP contribution in [0.5, 0.6) is 11.5 Å². The highest BCUT2D eigenvalue weighted by Crippen LogP contribution is 2.27. The summed E-state index contributed by atoms with van der Waals surface area (Å²) in [6, 6.07) is 6.05. The van der Waals surface area contributed by atoms with E-state index < -0.39 is 0 Å². The Hall–Kier alpha value is -1.18. The Balaban J connectivity index is 0.00000529. The van der Waals surface area contributed by atoms with Crippen LogP contribution >= 0.6 is 24.0 Å². The first kappa shape index (κ1) is 22.8. The third kappa shape index (κ3) is 7.59. The Labute approximate surface area is 163 Å². The molecule has 0 spiro atoms. The van der Waals surface area contributed by atoms with Gasteiger partial charge in [-0.05, 0) is 36.5 Å². The van der Waals surface area contributed by atoms with Crippen molar-refractivity contribution in [3.63, 3.8) is 0 Å². The maximum absolute atomic E-state index is 5.35. The molecule has 0 atom stereocenters. The number of rotatable bonds is 8. The van der Waals surface area contributed by atoms with Crippen molar-refractivity contribution in [2.24, 2.45) is 10.9 Å². The van der Waals surface area contributed by atoms with Crippen molar-refractivity contribution in [2.75, 3.05) is 41.4 Å². The molecule has 1 aromatic carbocycles. The number of methoxy groups -OCH3 is 2. The summed E-state index contributed by atoms with van der Waals surface area (Å²) in [4.78, 5) is 6.49. The van der Waals surface area contributed by atoms with Crippen LogP contribution < -0.4 is 14.8 Å². The molecular weight excluding hydrogens is 417 g/mol. The topological polar surface area (TPSA) is 46.1 Å². The number of guanidine groups is 1. The van der Waals surface area contributed by atoms with Gasteiger partial charge in [0.15, 0.2) is 17.5 Å². The van der Waals surface area contributed by atoms with E-state index >= 15 is 0 Å². The molecule has 0 aromatic heterocycles. The second-order valence-electron chi connectivity index (χ2n) is 6.02. The summed E-state index contributed by atoms with van der Waals surface area (Å²) >= 11 is 0. The lowest BCUT2D eigenvalue weighted by Gasteiger charge is -2.22. The highest BCUT2D eigenvalue weighted by Gasteiger charge is 2.08. The maximum Gasteiger partial charge on any atom is 0.193 e. The lowest BCUT2D eigenvalue weighted by Crippen LogP contribution is -2.40. The molecule has 0 aliphatic heterocycles. The first-order valence-electron chi connectivity index (χ1n) is 8.14. The molecule has 0 saturated heterocycles. The van der Waals surface area contributed by atoms with Gasteiger partial charge in [0.2, 0.25) is 0 Å². The summed E-state index contributed by atoms with van der Waals surface area (Å²) in [6.07, 6.45) is 2.06. The molecule has 1 N–H and O–H groups in total. The van der Waals surface area contributed by atoms with Crippen LogP contribution in [0, 0.1) is 5.92 Å². The SMILES string of the molecule is CN=C(NCCC(C)C)N(C)CCc1ccc(OC)c(OC)c1.I. The first-order valence-corrected chi connectivity index (χ1v) is 8.14. The van der Waals surface area contributed by atoms with Crippen molar-refractivity contribution >= 4 is 29.9 Å². The number of hydrogen-bond acceptors (Lipinski definition) is 3. The first-order chi connectivity index (χ1) is 11.0. The molecule has 24 heavy (non-hydrogen) atoms. The van der Waals surface area contributed by atoms with Gasteiger partial charge in [-0.1, -0.05) is 19.9 Å². The number of hydrogen-bond donors (Lipinski definition) is 1. The average Bonchev–Trinajstić information content (AvgIpc) is 2.55. The van der Waals surface area contributed by atoms with Gasteiger partial charge >= 0.3 is 0 Å². The van der Waals surface area contributed by atoms with E-state index in [2.05, 4.69) is 42.2 Å². The Bertz CT molecular complexity index is 507. The van der Waals surface area contributed by atoms with Gasteiger partial charge in [-0.2, -0.15) is 0 Å². The molecule has 0 unspecified atom stereocenters. The Kier molecular flexibility index (Phi) is 11.6. The molecule has 0 heterocycles. The fraction of sp³-hybridized carbons (Fsp3) is 0.611. The van der Waals surface area contributed by atoms with Crippen LogP contribution in [0.3, 0.4) is 0 Å².